The van der Waals surface area contributed by atoms with Gasteiger partial charge in [-0.3, -0.25) is 9.59 Å². The Hall–Kier alpha value is -2.05. The zero-order chi connectivity index (χ0) is 15.8. The highest BCUT2D eigenvalue weighted by Crippen LogP contribution is 2.43. The number of ether oxygens (including phenoxy) is 1. The Morgan fingerprint density at radius 1 is 1.29 bits per heavy atom. The van der Waals surface area contributed by atoms with E-state index in [0.29, 0.717) is 0 Å². The molecule has 2 rings (SSSR count). The van der Waals surface area contributed by atoms with Crippen LogP contribution in [-0.4, -0.2) is 18.4 Å². The average molecular weight is 301 g/mol. The van der Waals surface area contributed by atoms with Crippen molar-refractivity contribution in [2.75, 3.05) is 6.54 Å². The molecule has 1 aliphatic rings. The van der Waals surface area contributed by atoms with Gasteiger partial charge in [0, 0.05) is 19.0 Å². The fraction of sp³-hybridized carbons (Fsp3) is 0.429. The second-order valence-electron chi connectivity index (χ2n) is 5.04. The molecule has 4 nitrogen and oxygen atoms in total. The van der Waals surface area contributed by atoms with Crippen LogP contribution in [0.15, 0.2) is 24.3 Å². The minimum Gasteiger partial charge on any atom is -0.454 e. The van der Waals surface area contributed by atoms with Gasteiger partial charge in [-0.05, 0) is 13.0 Å². The van der Waals surface area contributed by atoms with Crippen molar-refractivity contribution in [2.45, 2.75) is 25.6 Å². The zero-order valence-corrected chi connectivity index (χ0v) is 11.5. The summed E-state index contributed by atoms with van der Waals surface area (Å²) in [5.74, 6) is -2.02. The lowest BCUT2D eigenvalue weighted by atomic mass is 9.76. The molecule has 0 spiro atoms. The number of rotatable bonds is 3. The van der Waals surface area contributed by atoms with E-state index in [0.717, 1.165) is 13.0 Å². The summed E-state index contributed by atoms with van der Waals surface area (Å²) in [6.45, 7) is 2.60. The Balaban J connectivity index is 2.57. The first-order valence-corrected chi connectivity index (χ1v) is 6.30. The molecule has 1 N–H and O–H groups in total. The lowest BCUT2D eigenvalue weighted by Gasteiger charge is -2.42. The SMILES string of the molecule is CC(=O)O[C@](C)(c1ccccc1C(F)(F)F)[C@@H]1CNC1=O. The molecular weight excluding hydrogens is 287 g/mol. The highest BCUT2D eigenvalue weighted by Gasteiger charge is 2.51. The van der Waals surface area contributed by atoms with Crippen LogP contribution >= 0.6 is 0 Å². The molecule has 1 aromatic carbocycles. The van der Waals surface area contributed by atoms with Gasteiger partial charge in [-0.2, -0.15) is 13.2 Å². The topological polar surface area (TPSA) is 55.4 Å². The molecule has 1 fully saturated rings. The number of carbonyl (C=O) groups excluding carboxylic acids is 2. The van der Waals surface area contributed by atoms with Gasteiger partial charge in [-0.1, -0.05) is 18.2 Å². The van der Waals surface area contributed by atoms with Gasteiger partial charge in [-0.15, -0.1) is 0 Å². The summed E-state index contributed by atoms with van der Waals surface area (Å²) in [6.07, 6.45) is -4.60. The summed E-state index contributed by atoms with van der Waals surface area (Å²) in [5, 5.41) is 2.45. The van der Waals surface area contributed by atoms with Gasteiger partial charge in [0.1, 0.15) is 5.60 Å². The molecule has 0 bridgehead atoms. The number of hydrogen-bond donors (Lipinski definition) is 1. The predicted molar refractivity (Wildman–Crippen MR) is 67.1 cm³/mol. The maximum Gasteiger partial charge on any atom is 0.416 e. The highest BCUT2D eigenvalue weighted by atomic mass is 19.4. The van der Waals surface area contributed by atoms with E-state index in [9.17, 15) is 22.8 Å². The zero-order valence-electron chi connectivity index (χ0n) is 11.5. The van der Waals surface area contributed by atoms with E-state index >= 15 is 0 Å². The lowest BCUT2D eigenvalue weighted by molar-refractivity contribution is -0.174. The Kier molecular flexibility index (Phi) is 3.69. The Bertz CT molecular complexity index is 585. The van der Waals surface area contributed by atoms with E-state index in [1.807, 2.05) is 0 Å². The van der Waals surface area contributed by atoms with E-state index in [4.69, 9.17) is 4.74 Å². The van der Waals surface area contributed by atoms with Crippen molar-refractivity contribution in [3.05, 3.63) is 35.4 Å². The van der Waals surface area contributed by atoms with Crippen LogP contribution in [0.3, 0.4) is 0 Å². The first-order valence-electron chi connectivity index (χ1n) is 6.30. The van der Waals surface area contributed by atoms with Gasteiger partial charge in [0.05, 0.1) is 11.5 Å². The molecule has 114 valence electrons. The molecule has 7 heteroatoms. The van der Waals surface area contributed by atoms with E-state index in [2.05, 4.69) is 5.32 Å². The van der Waals surface area contributed by atoms with Crippen molar-refractivity contribution in [1.29, 1.82) is 0 Å². The smallest absolute Gasteiger partial charge is 0.416 e. The molecule has 21 heavy (non-hydrogen) atoms. The van der Waals surface area contributed by atoms with Gasteiger partial charge < -0.3 is 10.1 Å². The average Bonchev–Trinajstić information content (AvgIpc) is 2.35. The fourth-order valence-corrected chi connectivity index (χ4v) is 2.51. The molecule has 1 heterocycles. The molecule has 2 atom stereocenters. The molecule has 0 unspecified atom stereocenters. The van der Waals surface area contributed by atoms with Crippen LogP contribution in [0.2, 0.25) is 0 Å². The number of carbonyl (C=O) groups is 2. The van der Waals surface area contributed by atoms with Crippen molar-refractivity contribution in [2.24, 2.45) is 5.92 Å². The van der Waals surface area contributed by atoms with Crippen molar-refractivity contribution in [3.8, 4) is 0 Å². The van der Waals surface area contributed by atoms with Crippen molar-refractivity contribution in [3.63, 3.8) is 0 Å². The normalized spacial score (nSPS) is 21.0. The second-order valence-corrected chi connectivity index (χ2v) is 5.04. The number of benzene rings is 1. The number of β-lactam (4-membered cyclic amide) rings is 1. The third-order valence-corrected chi connectivity index (χ3v) is 3.58. The van der Waals surface area contributed by atoms with Crippen LogP contribution in [0.4, 0.5) is 13.2 Å². The van der Waals surface area contributed by atoms with Crippen LogP contribution in [0.1, 0.15) is 25.0 Å². The molecule has 0 radical (unpaired) electrons. The summed E-state index contributed by atoms with van der Waals surface area (Å²) >= 11 is 0. The lowest BCUT2D eigenvalue weighted by Crippen LogP contribution is -2.59. The van der Waals surface area contributed by atoms with E-state index in [1.165, 1.54) is 25.1 Å². The minimum atomic E-state index is -4.60. The van der Waals surface area contributed by atoms with Gasteiger partial charge in [-0.25, -0.2) is 0 Å². The minimum absolute atomic E-state index is 0.162. The molecule has 1 amide bonds. The first kappa shape index (κ1) is 15.3. The molecule has 0 saturated carbocycles. The fourth-order valence-electron chi connectivity index (χ4n) is 2.51. The van der Waals surface area contributed by atoms with Gasteiger partial charge in [0.15, 0.2) is 0 Å². The van der Waals surface area contributed by atoms with E-state index < -0.39 is 35.1 Å². The maximum atomic E-state index is 13.2. The number of hydrogen-bond acceptors (Lipinski definition) is 3. The first-order chi connectivity index (χ1) is 9.66. The number of amides is 1. The largest absolute Gasteiger partial charge is 0.454 e. The monoisotopic (exact) mass is 301 g/mol. The van der Waals surface area contributed by atoms with Gasteiger partial charge >= 0.3 is 12.1 Å². The molecule has 1 aliphatic heterocycles. The second kappa shape index (κ2) is 5.05. The van der Waals surface area contributed by atoms with Crippen LogP contribution in [-0.2, 0) is 26.1 Å². The third-order valence-electron chi connectivity index (χ3n) is 3.58. The summed E-state index contributed by atoms with van der Waals surface area (Å²) in [6, 6.07) is 4.81. The number of halogens is 3. The van der Waals surface area contributed by atoms with Crippen molar-refractivity contribution in [1.82, 2.24) is 5.32 Å². The maximum absolute atomic E-state index is 13.2. The Labute approximate surface area is 119 Å². The Morgan fingerprint density at radius 2 is 1.86 bits per heavy atom. The summed E-state index contributed by atoms with van der Waals surface area (Å²) < 4.78 is 44.6. The van der Waals surface area contributed by atoms with E-state index in [1.54, 1.807) is 0 Å². The molecule has 0 aromatic heterocycles. The van der Waals surface area contributed by atoms with Crippen LogP contribution < -0.4 is 5.32 Å². The summed E-state index contributed by atoms with van der Waals surface area (Å²) in [7, 11) is 0. The van der Waals surface area contributed by atoms with Crippen molar-refractivity contribution >= 4 is 11.9 Å². The molecule has 0 aliphatic carbocycles. The Morgan fingerprint density at radius 3 is 2.24 bits per heavy atom. The van der Waals surface area contributed by atoms with Crippen LogP contribution in [0, 0.1) is 5.92 Å². The summed E-state index contributed by atoms with van der Waals surface area (Å²) in [5.41, 5.74) is -2.78. The number of alkyl halides is 3. The van der Waals surface area contributed by atoms with Crippen molar-refractivity contribution < 1.29 is 27.5 Å². The van der Waals surface area contributed by atoms with Gasteiger partial charge in [0.25, 0.3) is 0 Å². The molecule has 1 aromatic rings. The van der Waals surface area contributed by atoms with Crippen LogP contribution in [0.5, 0.6) is 0 Å². The van der Waals surface area contributed by atoms with Gasteiger partial charge in [0.2, 0.25) is 5.91 Å². The predicted octanol–water partition coefficient (Wildman–Crippen LogP) is 2.23. The number of nitrogens with one attached hydrogen (secondary N) is 1. The molecular formula is C14H14F3NO3. The summed E-state index contributed by atoms with van der Waals surface area (Å²) in [4.78, 5) is 22.9. The third kappa shape index (κ3) is 2.72. The highest BCUT2D eigenvalue weighted by molar-refractivity contribution is 5.86. The molecule has 1 saturated heterocycles. The quantitative estimate of drug-likeness (QED) is 0.688. The van der Waals surface area contributed by atoms with Crippen LogP contribution in [0.25, 0.3) is 0 Å². The van der Waals surface area contributed by atoms with E-state index in [-0.39, 0.29) is 12.1 Å². The number of esters is 1. The standard InChI is InChI=1S/C14H14F3NO3/c1-8(19)21-13(2,11-7-18-12(11)20)9-5-3-4-6-10(9)14(15,16)17/h3-6,11H,7H2,1-2H3,(H,18,20)/t11-,13-/m1/s1.